The van der Waals surface area contributed by atoms with Crippen molar-refractivity contribution in [1.29, 1.82) is 0 Å². The first-order chi connectivity index (χ1) is 11.8. The van der Waals surface area contributed by atoms with Crippen LogP contribution in [0.1, 0.15) is 32.8 Å². The highest BCUT2D eigenvalue weighted by atomic mass is 19.4. The van der Waals surface area contributed by atoms with Gasteiger partial charge in [-0.2, -0.15) is 13.2 Å². The summed E-state index contributed by atoms with van der Waals surface area (Å²) in [5.41, 5.74) is -2.54. The monoisotopic (exact) mass is 376 g/mol. The van der Waals surface area contributed by atoms with Crippen molar-refractivity contribution in [2.45, 2.75) is 45.1 Å². The van der Waals surface area contributed by atoms with E-state index < -0.39 is 40.1 Å². The number of amides is 1. The minimum absolute atomic E-state index is 0.124. The summed E-state index contributed by atoms with van der Waals surface area (Å²) in [6.45, 7) is 5.60. The van der Waals surface area contributed by atoms with Crippen LogP contribution in [0.4, 0.5) is 23.7 Å². The zero-order chi connectivity index (χ0) is 19.7. The van der Waals surface area contributed by atoms with Gasteiger partial charge in [-0.3, -0.25) is 10.1 Å². The third-order valence-corrected chi connectivity index (χ3v) is 3.53. The number of hydrogen-bond acceptors (Lipinski definition) is 5. The molecule has 2 rings (SSSR count). The lowest BCUT2D eigenvalue weighted by molar-refractivity contribution is -0.385. The summed E-state index contributed by atoms with van der Waals surface area (Å²) in [5, 5.41) is 10.9. The molecule has 1 saturated heterocycles. The van der Waals surface area contributed by atoms with Crippen molar-refractivity contribution in [1.82, 2.24) is 4.90 Å². The van der Waals surface area contributed by atoms with Crippen molar-refractivity contribution in [3.63, 3.8) is 0 Å². The normalized spacial score (nSPS) is 17.9. The smallest absolute Gasteiger partial charge is 0.416 e. The van der Waals surface area contributed by atoms with Gasteiger partial charge in [-0.25, -0.2) is 4.79 Å². The fraction of sp³-hybridized carbons (Fsp3) is 0.562. The van der Waals surface area contributed by atoms with E-state index in [1.165, 1.54) is 4.90 Å². The number of carbonyl (C=O) groups is 1. The van der Waals surface area contributed by atoms with Crippen molar-refractivity contribution in [3.8, 4) is 5.75 Å². The van der Waals surface area contributed by atoms with Crippen molar-refractivity contribution in [3.05, 3.63) is 33.9 Å². The highest BCUT2D eigenvalue weighted by Gasteiger charge is 2.35. The third kappa shape index (κ3) is 5.24. The predicted molar refractivity (Wildman–Crippen MR) is 84.9 cm³/mol. The van der Waals surface area contributed by atoms with Crippen LogP contribution >= 0.6 is 0 Å². The Morgan fingerprint density at radius 3 is 2.46 bits per heavy atom. The molecule has 0 aliphatic carbocycles. The number of nitrogens with zero attached hydrogens (tertiary/aromatic N) is 2. The Bertz CT molecular complexity index is 700. The maximum absolute atomic E-state index is 12.9. The van der Waals surface area contributed by atoms with Gasteiger partial charge in [0.15, 0.2) is 0 Å². The number of rotatable bonds is 3. The Kier molecular flexibility index (Phi) is 5.33. The molecule has 0 radical (unpaired) electrons. The largest absolute Gasteiger partial charge is 0.488 e. The van der Waals surface area contributed by atoms with Crippen molar-refractivity contribution in [2.75, 3.05) is 13.1 Å². The summed E-state index contributed by atoms with van der Waals surface area (Å²) in [5.74, 6) is -0.262. The molecule has 26 heavy (non-hydrogen) atoms. The molecule has 0 aromatic heterocycles. The summed E-state index contributed by atoms with van der Waals surface area (Å²) in [6, 6.07) is 2.10. The van der Waals surface area contributed by atoms with Crippen LogP contribution < -0.4 is 4.74 Å². The summed E-state index contributed by atoms with van der Waals surface area (Å²) in [4.78, 5) is 23.3. The number of non-ortho nitro benzene ring substituents is 1. The standard InChI is InChI=1S/C16H19F3N2O5/c1-15(2,3)26-14(22)20-5-4-12(9-20)25-13-7-10(16(17,18)19)6-11(8-13)21(23)24/h6-8,12H,4-5,9H2,1-3H3. The molecule has 0 saturated carbocycles. The summed E-state index contributed by atoms with van der Waals surface area (Å²) < 4.78 is 49.4. The van der Waals surface area contributed by atoms with E-state index in [1.54, 1.807) is 20.8 Å². The lowest BCUT2D eigenvalue weighted by atomic mass is 10.2. The molecule has 0 N–H and O–H groups in total. The molecule has 10 heteroatoms. The number of likely N-dealkylation sites (tertiary alicyclic amines) is 1. The number of nitro groups is 1. The highest BCUT2D eigenvalue weighted by molar-refractivity contribution is 5.68. The number of alkyl halides is 3. The quantitative estimate of drug-likeness (QED) is 0.588. The molecule has 1 fully saturated rings. The van der Waals surface area contributed by atoms with E-state index in [0.717, 1.165) is 6.07 Å². The molecular formula is C16H19F3N2O5. The van der Waals surface area contributed by atoms with E-state index in [1.807, 2.05) is 0 Å². The van der Waals surface area contributed by atoms with Crippen LogP contribution in [-0.2, 0) is 10.9 Å². The minimum atomic E-state index is -4.73. The molecule has 144 valence electrons. The summed E-state index contributed by atoms with van der Waals surface area (Å²) >= 11 is 0. The zero-order valence-electron chi connectivity index (χ0n) is 14.5. The maximum atomic E-state index is 12.9. The molecule has 1 aromatic rings. The van der Waals surface area contributed by atoms with E-state index in [9.17, 15) is 28.1 Å². The molecule has 0 spiro atoms. The predicted octanol–water partition coefficient (Wildman–Crippen LogP) is 4.00. The second-order valence-electron chi connectivity index (χ2n) is 6.93. The van der Waals surface area contributed by atoms with Crippen LogP contribution in [-0.4, -0.2) is 40.7 Å². The van der Waals surface area contributed by atoms with E-state index in [-0.39, 0.29) is 12.3 Å². The zero-order valence-corrected chi connectivity index (χ0v) is 14.5. The molecule has 1 atom stereocenters. The number of hydrogen-bond donors (Lipinski definition) is 0. The second-order valence-corrected chi connectivity index (χ2v) is 6.93. The Hall–Kier alpha value is -2.52. The molecule has 7 nitrogen and oxygen atoms in total. The van der Waals surface area contributed by atoms with Gasteiger partial charge in [-0.15, -0.1) is 0 Å². The molecule has 1 unspecified atom stereocenters. The topological polar surface area (TPSA) is 81.9 Å². The van der Waals surface area contributed by atoms with Gasteiger partial charge in [-0.1, -0.05) is 0 Å². The molecular weight excluding hydrogens is 357 g/mol. The van der Waals surface area contributed by atoms with Gasteiger partial charge >= 0.3 is 12.3 Å². The van der Waals surface area contributed by atoms with Gasteiger partial charge in [-0.05, 0) is 26.8 Å². The number of carbonyl (C=O) groups excluding carboxylic acids is 1. The van der Waals surface area contributed by atoms with Gasteiger partial charge in [0.1, 0.15) is 17.5 Å². The molecule has 1 heterocycles. The average molecular weight is 376 g/mol. The molecule has 1 aliphatic rings. The number of ether oxygens (including phenoxy) is 2. The first-order valence-corrected chi connectivity index (χ1v) is 7.86. The van der Waals surface area contributed by atoms with Crippen molar-refractivity contribution >= 4 is 11.8 Å². The minimum Gasteiger partial charge on any atom is -0.488 e. The number of nitro benzene ring substituents is 1. The lowest BCUT2D eigenvalue weighted by Crippen LogP contribution is -2.36. The highest BCUT2D eigenvalue weighted by Crippen LogP contribution is 2.35. The van der Waals surface area contributed by atoms with Crippen LogP contribution in [0.25, 0.3) is 0 Å². The first kappa shape index (κ1) is 19.8. The average Bonchev–Trinajstić information content (AvgIpc) is 2.92. The Labute approximate surface area is 147 Å². The fourth-order valence-electron chi connectivity index (χ4n) is 2.43. The van der Waals surface area contributed by atoms with Crippen molar-refractivity contribution in [2.24, 2.45) is 0 Å². The van der Waals surface area contributed by atoms with E-state index in [2.05, 4.69) is 0 Å². The van der Waals surface area contributed by atoms with Gasteiger partial charge in [0.05, 0.1) is 23.1 Å². The molecule has 0 bridgehead atoms. The number of halogens is 3. The first-order valence-electron chi connectivity index (χ1n) is 7.86. The summed E-state index contributed by atoms with van der Waals surface area (Å²) in [6.07, 6.45) is -5.48. The van der Waals surface area contributed by atoms with E-state index in [4.69, 9.17) is 9.47 Å². The Morgan fingerprint density at radius 2 is 1.92 bits per heavy atom. The molecule has 1 amide bonds. The van der Waals surface area contributed by atoms with Crippen LogP contribution in [0.5, 0.6) is 5.75 Å². The molecule has 1 aromatic carbocycles. The van der Waals surface area contributed by atoms with Crippen molar-refractivity contribution < 1.29 is 32.4 Å². The van der Waals surface area contributed by atoms with Crippen LogP contribution in [0.2, 0.25) is 0 Å². The van der Waals surface area contributed by atoms with E-state index >= 15 is 0 Å². The fourth-order valence-corrected chi connectivity index (χ4v) is 2.43. The molecule has 1 aliphatic heterocycles. The second kappa shape index (κ2) is 7.00. The summed E-state index contributed by atoms with van der Waals surface area (Å²) in [7, 11) is 0. The van der Waals surface area contributed by atoms with Crippen LogP contribution in [0.3, 0.4) is 0 Å². The van der Waals surface area contributed by atoms with Crippen LogP contribution in [0, 0.1) is 10.1 Å². The van der Waals surface area contributed by atoms with E-state index in [0.29, 0.717) is 25.1 Å². The third-order valence-electron chi connectivity index (χ3n) is 3.53. The Balaban J connectivity index is 2.11. The van der Waals surface area contributed by atoms with Gasteiger partial charge in [0.2, 0.25) is 0 Å². The van der Waals surface area contributed by atoms with Gasteiger partial charge < -0.3 is 14.4 Å². The Morgan fingerprint density at radius 1 is 1.27 bits per heavy atom. The maximum Gasteiger partial charge on any atom is 0.416 e. The lowest BCUT2D eigenvalue weighted by Gasteiger charge is -2.24. The SMILES string of the molecule is CC(C)(C)OC(=O)N1CCC(Oc2cc([N+](=O)[O-])cc(C(F)(F)F)c2)C1. The number of benzene rings is 1. The van der Waals surface area contributed by atoms with Gasteiger partial charge in [0.25, 0.3) is 5.69 Å². The van der Waals surface area contributed by atoms with Gasteiger partial charge in [0, 0.05) is 19.0 Å². The van der Waals surface area contributed by atoms with Crippen LogP contribution in [0.15, 0.2) is 18.2 Å².